The van der Waals surface area contributed by atoms with Crippen molar-refractivity contribution in [1.29, 1.82) is 0 Å². The molecule has 0 aliphatic carbocycles. The standard InChI is InChI=1S/C20H20N4O3S/c1-14-13-28-20(21-14)23-18-8-7-17-16(22-18)11-24(19(25)12-27-17)9-10-26-15-5-3-2-4-6-15/h2-8,13H,9-12H2,1H3,(H,21,22,23). The Kier molecular flexibility index (Phi) is 5.38. The average molecular weight is 396 g/mol. The second-order valence-corrected chi connectivity index (χ2v) is 7.18. The number of rotatable bonds is 6. The number of fused-ring (bicyclic) bond motifs is 1. The van der Waals surface area contributed by atoms with Gasteiger partial charge in [-0.3, -0.25) is 4.79 Å². The van der Waals surface area contributed by atoms with Crippen molar-refractivity contribution in [2.45, 2.75) is 13.5 Å². The molecule has 8 heteroatoms. The summed E-state index contributed by atoms with van der Waals surface area (Å²) in [6.07, 6.45) is 0. The van der Waals surface area contributed by atoms with Gasteiger partial charge in [-0.1, -0.05) is 18.2 Å². The third-order valence-electron chi connectivity index (χ3n) is 4.20. The highest BCUT2D eigenvalue weighted by Crippen LogP contribution is 2.26. The van der Waals surface area contributed by atoms with Crippen molar-refractivity contribution in [1.82, 2.24) is 14.9 Å². The third kappa shape index (κ3) is 4.40. The van der Waals surface area contributed by atoms with Crippen LogP contribution in [0.2, 0.25) is 0 Å². The lowest BCUT2D eigenvalue weighted by molar-refractivity contribution is -0.133. The minimum atomic E-state index is -0.0836. The molecule has 0 spiro atoms. The molecule has 28 heavy (non-hydrogen) atoms. The van der Waals surface area contributed by atoms with Crippen LogP contribution >= 0.6 is 11.3 Å². The van der Waals surface area contributed by atoms with Crippen molar-refractivity contribution < 1.29 is 14.3 Å². The zero-order chi connectivity index (χ0) is 19.3. The van der Waals surface area contributed by atoms with Crippen LogP contribution in [-0.4, -0.2) is 40.5 Å². The van der Waals surface area contributed by atoms with E-state index in [1.54, 1.807) is 4.90 Å². The maximum atomic E-state index is 12.4. The van der Waals surface area contributed by atoms with E-state index < -0.39 is 0 Å². The maximum absolute atomic E-state index is 12.4. The molecule has 4 rings (SSSR count). The minimum Gasteiger partial charge on any atom is -0.492 e. The number of nitrogens with one attached hydrogen (secondary N) is 1. The van der Waals surface area contributed by atoms with Crippen LogP contribution in [0.25, 0.3) is 0 Å². The van der Waals surface area contributed by atoms with Gasteiger partial charge < -0.3 is 19.7 Å². The number of amides is 1. The number of aromatic nitrogens is 2. The summed E-state index contributed by atoms with van der Waals surface area (Å²) in [7, 11) is 0. The molecular formula is C20H20N4O3S. The quantitative estimate of drug-likeness (QED) is 0.688. The lowest BCUT2D eigenvalue weighted by Crippen LogP contribution is -2.35. The Hall–Kier alpha value is -3.13. The summed E-state index contributed by atoms with van der Waals surface area (Å²) < 4.78 is 11.3. The number of carbonyl (C=O) groups is 1. The van der Waals surface area contributed by atoms with Gasteiger partial charge in [0.2, 0.25) is 0 Å². The number of carbonyl (C=O) groups excluding carboxylic acids is 1. The van der Waals surface area contributed by atoms with E-state index in [4.69, 9.17) is 9.47 Å². The molecule has 0 saturated carbocycles. The van der Waals surface area contributed by atoms with Crippen LogP contribution in [0.4, 0.5) is 10.9 Å². The van der Waals surface area contributed by atoms with E-state index in [1.807, 2.05) is 54.8 Å². The van der Waals surface area contributed by atoms with E-state index in [9.17, 15) is 4.79 Å². The molecule has 3 aromatic rings. The molecule has 0 saturated heterocycles. The van der Waals surface area contributed by atoms with Crippen LogP contribution < -0.4 is 14.8 Å². The molecule has 1 aliphatic heterocycles. The lowest BCUT2D eigenvalue weighted by atomic mass is 10.3. The van der Waals surface area contributed by atoms with E-state index in [1.165, 1.54) is 11.3 Å². The van der Waals surface area contributed by atoms with E-state index in [-0.39, 0.29) is 12.5 Å². The monoisotopic (exact) mass is 396 g/mol. The summed E-state index contributed by atoms with van der Waals surface area (Å²) in [5.41, 5.74) is 1.67. The third-order valence-corrected chi connectivity index (χ3v) is 5.08. The van der Waals surface area contributed by atoms with Crippen molar-refractivity contribution >= 4 is 28.2 Å². The van der Waals surface area contributed by atoms with E-state index in [0.717, 1.165) is 16.6 Å². The van der Waals surface area contributed by atoms with Crippen molar-refractivity contribution in [2.75, 3.05) is 25.1 Å². The molecule has 1 aliphatic rings. The van der Waals surface area contributed by atoms with E-state index in [2.05, 4.69) is 15.3 Å². The fourth-order valence-corrected chi connectivity index (χ4v) is 3.51. The number of thiazole rings is 1. The van der Waals surface area contributed by atoms with Crippen molar-refractivity contribution in [3.63, 3.8) is 0 Å². The van der Waals surface area contributed by atoms with Crippen molar-refractivity contribution in [2.24, 2.45) is 0 Å². The number of ether oxygens (including phenoxy) is 2. The van der Waals surface area contributed by atoms with Gasteiger partial charge in [-0.15, -0.1) is 11.3 Å². The van der Waals surface area contributed by atoms with Crippen LogP contribution in [0, 0.1) is 6.92 Å². The van der Waals surface area contributed by atoms with Gasteiger partial charge in [0.15, 0.2) is 11.7 Å². The largest absolute Gasteiger partial charge is 0.492 e. The SMILES string of the molecule is Cc1csc(Nc2ccc3c(n2)CN(CCOc2ccccc2)C(=O)CO3)n1. The van der Waals surface area contributed by atoms with Gasteiger partial charge in [0.25, 0.3) is 5.91 Å². The van der Waals surface area contributed by atoms with Gasteiger partial charge in [0, 0.05) is 5.38 Å². The number of hydrogen-bond acceptors (Lipinski definition) is 7. The predicted octanol–water partition coefficient (Wildman–Crippen LogP) is 3.39. The first-order chi connectivity index (χ1) is 13.7. The van der Waals surface area contributed by atoms with Crippen LogP contribution in [0.1, 0.15) is 11.4 Å². The summed E-state index contributed by atoms with van der Waals surface area (Å²) in [5, 5.41) is 5.95. The molecule has 1 aromatic carbocycles. The number of aryl methyl sites for hydroxylation is 1. The first-order valence-electron chi connectivity index (χ1n) is 8.95. The first-order valence-corrected chi connectivity index (χ1v) is 9.83. The lowest BCUT2D eigenvalue weighted by Gasteiger charge is -2.19. The molecule has 144 valence electrons. The van der Waals surface area contributed by atoms with Crippen LogP contribution in [0.3, 0.4) is 0 Å². The van der Waals surface area contributed by atoms with Gasteiger partial charge in [-0.05, 0) is 31.2 Å². The normalized spacial score (nSPS) is 13.5. The number of nitrogens with zero attached hydrogens (tertiary/aromatic N) is 3. The second-order valence-electron chi connectivity index (χ2n) is 6.33. The fraction of sp³-hybridized carbons (Fsp3) is 0.250. The highest BCUT2D eigenvalue weighted by molar-refractivity contribution is 7.13. The number of anilines is 2. The van der Waals surface area contributed by atoms with Gasteiger partial charge in [-0.2, -0.15) is 0 Å². The summed E-state index contributed by atoms with van der Waals surface area (Å²) in [6.45, 7) is 3.18. The Morgan fingerprint density at radius 2 is 2.07 bits per heavy atom. The van der Waals surface area contributed by atoms with E-state index >= 15 is 0 Å². The molecule has 1 N–H and O–H groups in total. The Labute approximate surface area is 167 Å². The topological polar surface area (TPSA) is 76.6 Å². The molecule has 7 nitrogen and oxygen atoms in total. The highest BCUT2D eigenvalue weighted by atomic mass is 32.1. The van der Waals surface area contributed by atoms with Gasteiger partial charge in [0.1, 0.15) is 29.6 Å². The molecule has 0 bridgehead atoms. The molecule has 0 atom stereocenters. The fourth-order valence-electron chi connectivity index (χ4n) is 2.82. The Morgan fingerprint density at radius 1 is 1.21 bits per heavy atom. The molecular weight excluding hydrogens is 376 g/mol. The molecule has 0 radical (unpaired) electrons. The van der Waals surface area contributed by atoms with Crippen LogP contribution in [0.15, 0.2) is 47.8 Å². The summed E-state index contributed by atoms with van der Waals surface area (Å²) in [4.78, 5) is 23.1. The first kappa shape index (κ1) is 18.2. The smallest absolute Gasteiger partial charge is 0.260 e. The maximum Gasteiger partial charge on any atom is 0.260 e. The van der Waals surface area contributed by atoms with Crippen molar-refractivity contribution in [3.8, 4) is 11.5 Å². The number of para-hydroxylation sites is 1. The number of pyridine rings is 1. The Bertz CT molecular complexity index is 961. The molecule has 2 aromatic heterocycles. The van der Waals surface area contributed by atoms with Crippen molar-refractivity contribution in [3.05, 3.63) is 59.2 Å². The minimum absolute atomic E-state index is 0.00152. The summed E-state index contributed by atoms with van der Waals surface area (Å²) in [5.74, 6) is 2.00. The molecule has 0 unspecified atom stereocenters. The van der Waals surface area contributed by atoms with Gasteiger partial charge >= 0.3 is 0 Å². The van der Waals surface area contributed by atoms with Crippen LogP contribution in [-0.2, 0) is 11.3 Å². The summed E-state index contributed by atoms with van der Waals surface area (Å²) in [6, 6.07) is 13.2. The predicted molar refractivity (Wildman–Crippen MR) is 107 cm³/mol. The zero-order valence-electron chi connectivity index (χ0n) is 15.4. The van der Waals surface area contributed by atoms with Gasteiger partial charge in [0.05, 0.1) is 18.8 Å². The molecule has 0 fully saturated rings. The van der Waals surface area contributed by atoms with E-state index in [0.29, 0.717) is 37.0 Å². The molecule has 3 heterocycles. The van der Waals surface area contributed by atoms with Crippen LogP contribution in [0.5, 0.6) is 11.5 Å². The Morgan fingerprint density at radius 3 is 2.86 bits per heavy atom. The highest BCUT2D eigenvalue weighted by Gasteiger charge is 2.23. The average Bonchev–Trinajstić information content (AvgIpc) is 3.04. The summed E-state index contributed by atoms with van der Waals surface area (Å²) >= 11 is 1.52. The number of benzene rings is 1. The van der Waals surface area contributed by atoms with Gasteiger partial charge in [-0.25, -0.2) is 9.97 Å². The number of hydrogen-bond donors (Lipinski definition) is 1. The molecule has 1 amide bonds. The second kappa shape index (κ2) is 8.26. The Balaban J connectivity index is 1.43. The zero-order valence-corrected chi connectivity index (χ0v) is 16.2.